The molecule has 492 valence electrons. The predicted octanol–water partition coefficient (Wildman–Crippen LogP) is 15.3. The van der Waals surface area contributed by atoms with Gasteiger partial charge >= 0.3 is 12.4 Å². The van der Waals surface area contributed by atoms with Crippen LogP contribution >= 0.6 is 22.6 Å². The van der Waals surface area contributed by atoms with E-state index < -0.39 is 109 Å². The number of hydrogen-bond acceptors (Lipinski definition) is 10. The zero-order valence-corrected chi connectivity index (χ0v) is 56.5. The van der Waals surface area contributed by atoms with E-state index in [2.05, 4.69) is 0 Å². The van der Waals surface area contributed by atoms with Gasteiger partial charge in [0.2, 0.25) is 11.8 Å². The standard InChI is InChI=1S/C72H67F6IN4O10Si2/c1-69(2,3)94(52-20-11-7-12-21-52,53-22-13-8-14-23-53)90-44-60(58-42-48(71(73,74)75)34-40-56(58)67(80)84)65(46-30-36-50(37-31-46)82(86)87)92-62-28-19-29-63(64(62)79)93-66(47-32-38-51(39-33-47)83(88)89)61(59-43-49(72(76,77)78)35-41-57(59)68(81)85)45-91-95(70(4,5)6,54-24-15-9-16-25-54)55-26-17-10-18-27-55/h7-43,60-61,65-66H,44-45H2,1-6H3,(H2,80,84)(H2,81,85)/t60-,61-,65+,66+/m1/s1. The van der Waals surface area contributed by atoms with Crippen LogP contribution in [0.15, 0.2) is 224 Å². The molecule has 23 heteroatoms. The maximum Gasteiger partial charge on any atom is 0.416 e. The van der Waals surface area contributed by atoms with Gasteiger partial charge in [0.1, 0.15) is 23.7 Å². The summed E-state index contributed by atoms with van der Waals surface area (Å²) in [5, 5.41) is 26.2. The second-order valence-electron chi connectivity index (χ2n) is 24.8. The summed E-state index contributed by atoms with van der Waals surface area (Å²) in [5.74, 6) is -5.13. The largest absolute Gasteiger partial charge is 0.484 e. The molecule has 4 N–H and O–H groups in total. The molecule has 0 heterocycles. The SMILES string of the molecule is CC(C)(C)[Si](OC[C@H](c1cc(C(F)(F)F)ccc1C(N)=O)[C@@H](Oc1cccc(O[C@@H](c2ccc([N+](=O)[O-])cc2)[C@H](CO[Si](c2ccccc2)(c2ccccc2)C(C)(C)C)c2cc(C(F)(F)F)ccc2C(N)=O)c1I)c1ccc([N+](=O)[O-])cc1)(c1ccccc1)c1ccccc1. The van der Waals surface area contributed by atoms with E-state index in [1.165, 1.54) is 66.7 Å². The molecule has 14 nitrogen and oxygen atoms in total. The lowest BCUT2D eigenvalue weighted by Gasteiger charge is -2.44. The Labute approximate surface area is 560 Å². The van der Waals surface area contributed by atoms with Gasteiger partial charge in [-0.15, -0.1) is 0 Å². The van der Waals surface area contributed by atoms with Crippen LogP contribution in [0, 0.1) is 23.8 Å². The third-order valence-corrected chi connectivity index (χ3v) is 28.0. The molecule has 0 bridgehead atoms. The Morgan fingerprint density at radius 2 is 0.747 bits per heavy atom. The number of amides is 2. The Bertz CT molecular complexity index is 3860. The first-order chi connectivity index (χ1) is 44.9. The second-order valence-corrected chi connectivity index (χ2v) is 34.5. The lowest BCUT2D eigenvalue weighted by atomic mass is 9.85. The quantitative estimate of drug-likeness (QED) is 0.0192. The molecule has 2 amide bonds. The Morgan fingerprint density at radius 3 is 1.00 bits per heavy atom. The minimum Gasteiger partial charge on any atom is -0.484 e. The Morgan fingerprint density at radius 1 is 0.453 bits per heavy atom. The van der Waals surface area contributed by atoms with Crippen LogP contribution < -0.4 is 41.7 Å². The van der Waals surface area contributed by atoms with Crippen LogP contribution in [0.25, 0.3) is 0 Å². The fourth-order valence-electron chi connectivity index (χ4n) is 12.5. The molecule has 0 aliphatic heterocycles. The number of halogens is 7. The maximum absolute atomic E-state index is 15.2. The molecule has 0 spiro atoms. The average Bonchev–Trinajstić information content (AvgIpc) is 0.754. The second kappa shape index (κ2) is 28.5. The molecule has 95 heavy (non-hydrogen) atoms. The molecular formula is C72H67F6IN4O10Si2. The smallest absolute Gasteiger partial charge is 0.416 e. The number of rotatable bonds is 24. The van der Waals surface area contributed by atoms with Gasteiger partial charge in [-0.2, -0.15) is 26.3 Å². The molecule has 0 radical (unpaired) electrons. The molecule has 0 aromatic heterocycles. The lowest BCUT2D eigenvalue weighted by molar-refractivity contribution is -0.385. The molecular weight excluding hydrogens is 1380 g/mol. The van der Waals surface area contributed by atoms with E-state index in [0.717, 1.165) is 57.1 Å². The number of hydrogen-bond donors (Lipinski definition) is 2. The minimum atomic E-state index is -4.96. The number of primary amides is 2. The van der Waals surface area contributed by atoms with Crippen LogP contribution in [0.3, 0.4) is 0 Å². The normalized spacial score (nSPS) is 13.7. The first kappa shape index (κ1) is 70.3. The first-order valence-corrected chi connectivity index (χ1v) is 34.9. The van der Waals surface area contributed by atoms with Gasteiger partial charge in [-0.1, -0.05) is 169 Å². The molecule has 9 rings (SSSR count). The summed E-state index contributed by atoms with van der Waals surface area (Å²) in [6.45, 7) is 11.0. The van der Waals surface area contributed by atoms with Crippen molar-refractivity contribution in [2.75, 3.05) is 13.2 Å². The summed E-state index contributed by atoms with van der Waals surface area (Å²) in [5.41, 5.74) is 8.38. The van der Waals surface area contributed by atoms with E-state index in [1.807, 2.05) is 185 Å². The van der Waals surface area contributed by atoms with Crippen molar-refractivity contribution >= 4 is 83.2 Å². The van der Waals surface area contributed by atoms with Crippen molar-refractivity contribution in [3.8, 4) is 11.5 Å². The summed E-state index contributed by atoms with van der Waals surface area (Å²) >= 11 is 1.91. The minimum absolute atomic E-state index is 0.0334. The summed E-state index contributed by atoms with van der Waals surface area (Å²) in [4.78, 5) is 50.7. The zero-order valence-electron chi connectivity index (χ0n) is 52.4. The van der Waals surface area contributed by atoms with Crippen LogP contribution in [0.5, 0.6) is 11.5 Å². The molecule has 0 aliphatic rings. The van der Waals surface area contributed by atoms with Gasteiger partial charge in [0.25, 0.3) is 28.0 Å². The van der Waals surface area contributed by atoms with Gasteiger partial charge in [0.05, 0.1) is 24.5 Å². The number of non-ortho nitro benzene ring substituents is 2. The summed E-state index contributed by atoms with van der Waals surface area (Å²) in [6.07, 6.45) is -13.0. The highest BCUT2D eigenvalue weighted by atomic mass is 127. The number of carbonyl (C=O) groups is 2. The highest BCUT2D eigenvalue weighted by molar-refractivity contribution is 14.1. The van der Waals surface area contributed by atoms with Crippen molar-refractivity contribution in [2.45, 2.75) is 88.0 Å². The fraction of sp³-hybridized carbons (Fsp3) is 0.222. The van der Waals surface area contributed by atoms with Crippen molar-refractivity contribution in [1.29, 1.82) is 0 Å². The average molecular weight is 1450 g/mol. The zero-order chi connectivity index (χ0) is 68.8. The van der Waals surface area contributed by atoms with Crippen LogP contribution in [-0.2, 0) is 21.2 Å². The third-order valence-electron chi connectivity index (χ3n) is 16.9. The number of carbonyl (C=O) groups excluding carboxylic acids is 2. The lowest BCUT2D eigenvalue weighted by Crippen LogP contribution is -2.67. The molecule has 0 unspecified atom stereocenters. The number of ether oxygens (including phenoxy) is 2. The fourth-order valence-corrected chi connectivity index (χ4v) is 22.2. The molecule has 9 aromatic carbocycles. The number of nitro benzene ring substituents is 2. The van der Waals surface area contributed by atoms with Crippen molar-refractivity contribution in [3.05, 3.63) is 293 Å². The first-order valence-electron chi connectivity index (χ1n) is 30.0. The summed E-state index contributed by atoms with van der Waals surface area (Å²) < 4.78 is 120. The maximum atomic E-state index is 15.2. The van der Waals surface area contributed by atoms with E-state index in [-0.39, 0.29) is 59.8 Å². The van der Waals surface area contributed by atoms with Crippen LogP contribution in [0.4, 0.5) is 37.7 Å². The van der Waals surface area contributed by atoms with Crippen LogP contribution in [0.2, 0.25) is 10.1 Å². The van der Waals surface area contributed by atoms with Gasteiger partial charge in [-0.25, -0.2) is 0 Å². The number of alkyl halides is 6. The van der Waals surface area contributed by atoms with Crippen LogP contribution in [0.1, 0.15) is 120 Å². The molecule has 0 fully saturated rings. The highest BCUT2D eigenvalue weighted by Crippen LogP contribution is 2.48. The number of nitrogens with two attached hydrogens (primary N) is 2. The number of benzene rings is 9. The Balaban J connectivity index is 1.28. The van der Waals surface area contributed by atoms with Gasteiger partial charge in [-0.05, 0) is 148 Å². The van der Waals surface area contributed by atoms with Gasteiger partial charge < -0.3 is 29.8 Å². The monoisotopic (exact) mass is 1440 g/mol. The van der Waals surface area contributed by atoms with Crippen molar-refractivity contribution in [1.82, 2.24) is 0 Å². The number of nitrogens with zero attached hydrogens (tertiary/aromatic N) is 2. The summed E-state index contributed by atoms with van der Waals surface area (Å²) in [6, 6.07) is 57.2. The van der Waals surface area contributed by atoms with Crippen LogP contribution in [-0.4, -0.2) is 51.5 Å². The topological polar surface area (TPSA) is 209 Å². The third kappa shape index (κ3) is 15.1. The predicted molar refractivity (Wildman–Crippen MR) is 365 cm³/mol. The van der Waals surface area contributed by atoms with E-state index in [9.17, 15) is 29.8 Å². The number of nitro groups is 2. The highest BCUT2D eigenvalue weighted by Gasteiger charge is 2.53. The molecule has 0 saturated heterocycles. The van der Waals surface area contributed by atoms with E-state index in [0.29, 0.717) is 0 Å². The molecule has 9 aromatic rings. The van der Waals surface area contributed by atoms with E-state index in [4.69, 9.17) is 29.8 Å². The van der Waals surface area contributed by atoms with E-state index >= 15 is 26.3 Å². The molecule has 4 atom stereocenters. The molecule has 0 aliphatic carbocycles. The van der Waals surface area contributed by atoms with Gasteiger partial charge in [0, 0.05) is 60.4 Å². The van der Waals surface area contributed by atoms with Gasteiger partial charge in [0.15, 0.2) is 0 Å². The Hall–Kier alpha value is -9.02. The van der Waals surface area contributed by atoms with Crippen molar-refractivity contribution in [2.24, 2.45) is 11.5 Å². The van der Waals surface area contributed by atoms with E-state index in [1.54, 1.807) is 0 Å². The van der Waals surface area contributed by atoms with Gasteiger partial charge in [-0.3, -0.25) is 29.8 Å². The van der Waals surface area contributed by atoms with Crippen molar-refractivity contribution in [3.63, 3.8) is 0 Å². The van der Waals surface area contributed by atoms with Crippen molar-refractivity contribution < 1.29 is 64.1 Å². The summed E-state index contributed by atoms with van der Waals surface area (Å²) in [7, 11) is -7.31. The Kier molecular flexibility index (Phi) is 21.1. The molecule has 0 saturated carbocycles.